The second-order valence-corrected chi connectivity index (χ2v) is 4.47. The van der Waals surface area contributed by atoms with E-state index in [2.05, 4.69) is 0 Å². The largest absolute Gasteiger partial charge is 0.506 e. The average Bonchev–Trinajstić information content (AvgIpc) is 2.33. The van der Waals surface area contributed by atoms with Gasteiger partial charge in [0.05, 0.1) is 12.1 Å². The molecule has 0 heterocycles. The van der Waals surface area contributed by atoms with E-state index < -0.39 is 5.82 Å². The lowest BCUT2D eigenvalue weighted by molar-refractivity contribution is 0.414. The highest BCUT2D eigenvalue weighted by atomic mass is 35.5. The summed E-state index contributed by atoms with van der Waals surface area (Å²) >= 11 is 11.7. The third-order valence-corrected chi connectivity index (χ3v) is 2.99. The molecule has 0 fully saturated rings. The van der Waals surface area contributed by atoms with E-state index in [-0.39, 0.29) is 10.8 Å². The van der Waals surface area contributed by atoms with Crippen LogP contribution in [0.2, 0.25) is 10.0 Å². The molecule has 0 bridgehead atoms. The molecule has 1 N–H and O–H groups in total. The summed E-state index contributed by atoms with van der Waals surface area (Å²) in [4.78, 5) is 0. The highest BCUT2D eigenvalue weighted by molar-refractivity contribution is 6.36. The van der Waals surface area contributed by atoms with E-state index in [0.29, 0.717) is 21.9 Å². The summed E-state index contributed by atoms with van der Waals surface area (Å²) < 4.78 is 18.4. The SMILES string of the molecule is COc1ccc(F)cc1-c1cc(Cl)cc(Cl)c1O. The van der Waals surface area contributed by atoms with Crippen molar-refractivity contribution in [1.29, 1.82) is 0 Å². The highest BCUT2D eigenvalue weighted by Crippen LogP contribution is 2.41. The normalized spacial score (nSPS) is 10.4. The van der Waals surface area contributed by atoms with E-state index in [1.54, 1.807) is 0 Å². The Balaban J connectivity index is 2.72. The van der Waals surface area contributed by atoms with Crippen LogP contribution in [0, 0.1) is 5.82 Å². The molecule has 0 aliphatic carbocycles. The lowest BCUT2D eigenvalue weighted by Gasteiger charge is -2.11. The summed E-state index contributed by atoms with van der Waals surface area (Å²) in [5.74, 6) is -0.184. The van der Waals surface area contributed by atoms with Gasteiger partial charge in [-0.25, -0.2) is 4.39 Å². The smallest absolute Gasteiger partial charge is 0.142 e. The maximum absolute atomic E-state index is 13.3. The van der Waals surface area contributed by atoms with Crippen LogP contribution in [0.1, 0.15) is 0 Å². The molecular formula is C13H9Cl2FO2. The maximum atomic E-state index is 13.3. The first-order chi connectivity index (χ1) is 8.52. The fourth-order valence-corrected chi connectivity index (χ4v) is 2.16. The molecule has 2 aromatic rings. The zero-order valence-corrected chi connectivity index (χ0v) is 10.9. The lowest BCUT2D eigenvalue weighted by atomic mass is 10.0. The summed E-state index contributed by atoms with van der Waals surface area (Å²) in [5.41, 5.74) is 0.711. The lowest BCUT2D eigenvalue weighted by Crippen LogP contribution is -1.90. The molecule has 2 aromatic carbocycles. The van der Waals surface area contributed by atoms with Crippen LogP contribution in [0.25, 0.3) is 11.1 Å². The molecule has 5 heteroatoms. The topological polar surface area (TPSA) is 29.5 Å². The Morgan fingerprint density at radius 3 is 2.50 bits per heavy atom. The monoisotopic (exact) mass is 286 g/mol. The van der Waals surface area contributed by atoms with Crippen molar-refractivity contribution < 1.29 is 14.2 Å². The summed E-state index contributed by atoms with van der Waals surface area (Å²) in [6.07, 6.45) is 0. The molecule has 0 spiro atoms. The zero-order valence-electron chi connectivity index (χ0n) is 9.38. The van der Waals surface area contributed by atoms with Crippen molar-refractivity contribution >= 4 is 23.2 Å². The Morgan fingerprint density at radius 1 is 1.11 bits per heavy atom. The first-order valence-corrected chi connectivity index (χ1v) is 5.80. The predicted molar refractivity (Wildman–Crippen MR) is 70.1 cm³/mol. The molecule has 0 saturated heterocycles. The number of hydrogen-bond acceptors (Lipinski definition) is 2. The molecule has 0 aliphatic heterocycles. The molecular weight excluding hydrogens is 278 g/mol. The van der Waals surface area contributed by atoms with Crippen molar-refractivity contribution in [2.45, 2.75) is 0 Å². The number of ether oxygens (including phenoxy) is 1. The van der Waals surface area contributed by atoms with Gasteiger partial charge in [-0.1, -0.05) is 23.2 Å². The van der Waals surface area contributed by atoms with E-state index in [1.807, 2.05) is 0 Å². The Bertz CT molecular complexity index is 600. The van der Waals surface area contributed by atoms with Crippen molar-refractivity contribution in [2.75, 3.05) is 7.11 Å². The Labute approximate surface area is 114 Å². The Kier molecular flexibility index (Phi) is 3.64. The van der Waals surface area contributed by atoms with Crippen molar-refractivity contribution in [3.8, 4) is 22.6 Å². The second kappa shape index (κ2) is 5.04. The minimum absolute atomic E-state index is 0.101. The van der Waals surface area contributed by atoms with E-state index in [1.165, 1.54) is 37.4 Å². The molecule has 0 atom stereocenters. The first kappa shape index (κ1) is 13.0. The van der Waals surface area contributed by atoms with Crippen molar-refractivity contribution in [3.63, 3.8) is 0 Å². The van der Waals surface area contributed by atoms with E-state index >= 15 is 0 Å². The number of hydrogen-bond donors (Lipinski definition) is 1. The highest BCUT2D eigenvalue weighted by Gasteiger charge is 2.14. The number of rotatable bonds is 2. The summed E-state index contributed by atoms with van der Waals surface area (Å²) in [5, 5.41) is 10.4. The number of halogens is 3. The van der Waals surface area contributed by atoms with Crippen LogP contribution in [0.5, 0.6) is 11.5 Å². The predicted octanol–water partition coefficient (Wildman–Crippen LogP) is 4.51. The zero-order chi connectivity index (χ0) is 13.3. The standard InChI is InChI=1S/C13H9Cl2FO2/c1-18-12-3-2-8(16)6-9(12)10-4-7(14)5-11(15)13(10)17/h2-6,17H,1H3. The van der Waals surface area contributed by atoms with Crippen LogP contribution in [0.4, 0.5) is 4.39 Å². The summed E-state index contributed by atoms with van der Waals surface area (Å²) in [6, 6.07) is 6.90. The van der Waals surface area contributed by atoms with Gasteiger partial charge in [0.2, 0.25) is 0 Å². The van der Waals surface area contributed by atoms with Crippen molar-refractivity contribution in [2.24, 2.45) is 0 Å². The molecule has 0 aliphatic rings. The van der Waals surface area contributed by atoms with Gasteiger partial charge in [-0.2, -0.15) is 0 Å². The van der Waals surface area contributed by atoms with Gasteiger partial charge in [-0.15, -0.1) is 0 Å². The van der Waals surface area contributed by atoms with Gasteiger partial charge in [0, 0.05) is 16.1 Å². The number of benzene rings is 2. The molecule has 0 amide bonds. The molecule has 18 heavy (non-hydrogen) atoms. The molecule has 0 radical (unpaired) electrons. The van der Waals surface area contributed by atoms with Crippen LogP contribution < -0.4 is 4.74 Å². The molecule has 2 nitrogen and oxygen atoms in total. The molecule has 0 aromatic heterocycles. The van der Waals surface area contributed by atoms with Gasteiger partial charge in [0.15, 0.2) is 0 Å². The maximum Gasteiger partial charge on any atom is 0.142 e. The number of aromatic hydroxyl groups is 1. The number of phenols is 1. The van der Waals surface area contributed by atoms with Crippen LogP contribution in [0.15, 0.2) is 30.3 Å². The molecule has 0 saturated carbocycles. The van der Waals surface area contributed by atoms with Gasteiger partial charge in [0.1, 0.15) is 17.3 Å². The Morgan fingerprint density at radius 2 is 1.83 bits per heavy atom. The second-order valence-electron chi connectivity index (χ2n) is 3.63. The van der Waals surface area contributed by atoms with Crippen molar-refractivity contribution in [3.05, 3.63) is 46.2 Å². The van der Waals surface area contributed by atoms with Gasteiger partial charge >= 0.3 is 0 Å². The fourth-order valence-electron chi connectivity index (χ4n) is 1.66. The minimum atomic E-state index is -0.443. The van der Waals surface area contributed by atoms with Crippen LogP contribution in [-0.2, 0) is 0 Å². The average molecular weight is 287 g/mol. The van der Waals surface area contributed by atoms with Crippen LogP contribution in [-0.4, -0.2) is 12.2 Å². The van der Waals surface area contributed by atoms with E-state index in [0.717, 1.165) is 0 Å². The molecule has 2 rings (SSSR count). The van der Waals surface area contributed by atoms with E-state index in [9.17, 15) is 9.50 Å². The van der Waals surface area contributed by atoms with E-state index in [4.69, 9.17) is 27.9 Å². The first-order valence-electron chi connectivity index (χ1n) is 5.05. The molecule has 0 unspecified atom stereocenters. The number of phenolic OH excluding ortho intramolecular Hbond substituents is 1. The van der Waals surface area contributed by atoms with Crippen LogP contribution in [0.3, 0.4) is 0 Å². The number of methoxy groups -OCH3 is 1. The van der Waals surface area contributed by atoms with Crippen molar-refractivity contribution in [1.82, 2.24) is 0 Å². The van der Waals surface area contributed by atoms with Gasteiger partial charge < -0.3 is 9.84 Å². The summed E-state index contributed by atoms with van der Waals surface area (Å²) in [7, 11) is 1.46. The quantitative estimate of drug-likeness (QED) is 0.880. The van der Waals surface area contributed by atoms with Gasteiger partial charge in [0.25, 0.3) is 0 Å². The minimum Gasteiger partial charge on any atom is -0.506 e. The fraction of sp³-hybridized carbons (Fsp3) is 0.0769. The van der Waals surface area contributed by atoms with Crippen LogP contribution >= 0.6 is 23.2 Å². The Hall–Kier alpha value is -1.45. The molecule has 94 valence electrons. The third-order valence-electron chi connectivity index (χ3n) is 2.48. The van der Waals surface area contributed by atoms with Gasteiger partial charge in [-0.3, -0.25) is 0 Å². The third kappa shape index (κ3) is 2.37. The van der Waals surface area contributed by atoms with Gasteiger partial charge in [-0.05, 0) is 30.3 Å². The summed E-state index contributed by atoms with van der Waals surface area (Å²) in [6.45, 7) is 0.